The lowest BCUT2D eigenvalue weighted by atomic mass is 10.1. The molecule has 0 saturated carbocycles. The normalized spacial score (nSPS) is 10.5. The van der Waals surface area contributed by atoms with Crippen molar-refractivity contribution in [1.29, 1.82) is 0 Å². The molecule has 31 heavy (non-hydrogen) atoms. The molecule has 0 bridgehead atoms. The minimum atomic E-state index is -1.08. The Balaban J connectivity index is 1.95. The maximum absolute atomic E-state index is 10.8. The maximum Gasteiger partial charge on any atom is 0.341 e. The maximum atomic E-state index is 10.8. The molecule has 0 spiro atoms. The van der Waals surface area contributed by atoms with E-state index in [2.05, 4.69) is 10.1 Å². The molecule has 10 nitrogen and oxygen atoms in total. The molecule has 0 aliphatic carbocycles. The van der Waals surface area contributed by atoms with Crippen LogP contribution in [-0.2, 0) is 4.79 Å². The third-order valence-electron chi connectivity index (χ3n) is 4.19. The van der Waals surface area contributed by atoms with Crippen molar-refractivity contribution < 1.29 is 38.1 Å². The average Bonchev–Trinajstić information content (AvgIpc) is 3.27. The molecule has 1 N–H and O–H groups in total. The molecular weight excluding hydrogens is 408 g/mol. The molecule has 2 aromatic carbocycles. The van der Waals surface area contributed by atoms with Crippen LogP contribution in [0.3, 0.4) is 0 Å². The lowest BCUT2D eigenvalue weighted by Gasteiger charge is -2.12. The first-order chi connectivity index (χ1) is 15.0. The predicted molar refractivity (Wildman–Crippen MR) is 109 cm³/mol. The standard InChI is InChI=1S/C21H22N2O8/c1-5-29-15-8-12(6-7-14(15)30-11-18(24)25)20-22-21(31-23-20)13-9-16(26-2)19(28-4)17(10-13)27-3/h6-10H,5,11H2,1-4H3,(H,24,25). The van der Waals surface area contributed by atoms with Gasteiger partial charge < -0.3 is 33.3 Å². The summed E-state index contributed by atoms with van der Waals surface area (Å²) in [6, 6.07) is 8.34. The average molecular weight is 430 g/mol. The van der Waals surface area contributed by atoms with E-state index >= 15 is 0 Å². The number of benzene rings is 2. The van der Waals surface area contributed by atoms with Gasteiger partial charge in [0, 0.05) is 11.1 Å². The summed E-state index contributed by atoms with van der Waals surface area (Å²) in [5.41, 5.74) is 1.19. The fourth-order valence-electron chi connectivity index (χ4n) is 2.84. The Kier molecular flexibility index (Phi) is 6.81. The van der Waals surface area contributed by atoms with Gasteiger partial charge in [0.05, 0.1) is 27.9 Å². The Morgan fingerprint density at radius 1 is 0.935 bits per heavy atom. The van der Waals surface area contributed by atoms with Gasteiger partial charge in [-0.3, -0.25) is 0 Å². The number of nitrogens with zero attached hydrogens (tertiary/aromatic N) is 2. The number of aromatic nitrogens is 2. The molecule has 0 fully saturated rings. The van der Waals surface area contributed by atoms with Crippen LogP contribution in [0.4, 0.5) is 0 Å². The van der Waals surface area contributed by atoms with E-state index < -0.39 is 12.6 Å². The van der Waals surface area contributed by atoms with E-state index in [9.17, 15) is 4.79 Å². The van der Waals surface area contributed by atoms with Gasteiger partial charge >= 0.3 is 5.97 Å². The fraction of sp³-hybridized carbons (Fsp3) is 0.286. The van der Waals surface area contributed by atoms with Crippen LogP contribution in [0.15, 0.2) is 34.9 Å². The van der Waals surface area contributed by atoms with Gasteiger partial charge in [-0.1, -0.05) is 5.16 Å². The summed E-state index contributed by atoms with van der Waals surface area (Å²) in [6.07, 6.45) is 0. The van der Waals surface area contributed by atoms with E-state index in [1.54, 1.807) is 30.3 Å². The number of ether oxygens (including phenoxy) is 5. The second-order valence-electron chi connectivity index (χ2n) is 6.11. The second kappa shape index (κ2) is 9.70. The molecule has 0 amide bonds. The van der Waals surface area contributed by atoms with Crippen molar-refractivity contribution in [3.05, 3.63) is 30.3 Å². The highest BCUT2D eigenvalue weighted by atomic mass is 16.5. The summed E-state index contributed by atoms with van der Waals surface area (Å²) in [4.78, 5) is 15.2. The van der Waals surface area contributed by atoms with Gasteiger partial charge in [0.1, 0.15) is 0 Å². The number of methoxy groups -OCH3 is 3. The van der Waals surface area contributed by atoms with Crippen LogP contribution < -0.4 is 23.7 Å². The van der Waals surface area contributed by atoms with Crippen molar-refractivity contribution in [2.75, 3.05) is 34.5 Å². The van der Waals surface area contributed by atoms with E-state index in [4.69, 9.17) is 33.3 Å². The number of hydrogen-bond donors (Lipinski definition) is 1. The molecule has 0 radical (unpaired) electrons. The molecule has 0 saturated heterocycles. The highest BCUT2D eigenvalue weighted by Gasteiger charge is 2.19. The number of hydrogen-bond acceptors (Lipinski definition) is 9. The molecule has 0 atom stereocenters. The van der Waals surface area contributed by atoms with E-state index in [0.717, 1.165) is 0 Å². The Labute approximate surface area is 178 Å². The number of aliphatic carboxylic acids is 1. The van der Waals surface area contributed by atoms with Gasteiger partial charge in [-0.15, -0.1) is 0 Å². The lowest BCUT2D eigenvalue weighted by Crippen LogP contribution is -2.10. The van der Waals surface area contributed by atoms with E-state index in [1.165, 1.54) is 21.3 Å². The van der Waals surface area contributed by atoms with Crippen LogP contribution in [-0.4, -0.2) is 55.8 Å². The van der Waals surface area contributed by atoms with Gasteiger partial charge in [-0.25, -0.2) is 4.79 Å². The van der Waals surface area contributed by atoms with Gasteiger partial charge in [-0.05, 0) is 37.3 Å². The zero-order valence-electron chi connectivity index (χ0n) is 17.5. The predicted octanol–water partition coefficient (Wildman–Crippen LogP) is 3.29. The van der Waals surface area contributed by atoms with Crippen molar-refractivity contribution >= 4 is 5.97 Å². The van der Waals surface area contributed by atoms with Crippen molar-refractivity contribution in [2.24, 2.45) is 0 Å². The molecule has 3 rings (SSSR count). The highest BCUT2D eigenvalue weighted by Crippen LogP contribution is 2.41. The van der Waals surface area contributed by atoms with Crippen LogP contribution in [0.2, 0.25) is 0 Å². The minimum Gasteiger partial charge on any atom is -0.493 e. The monoisotopic (exact) mass is 430 g/mol. The zero-order chi connectivity index (χ0) is 22.4. The summed E-state index contributed by atoms with van der Waals surface area (Å²) in [7, 11) is 4.55. The van der Waals surface area contributed by atoms with E-state index in [1.807, 2.05) is 6.92 Å². The Hall–Kier alpha value is -3.95. The third-order valence-corrected chi connectivity index (χ3v) is 4.19. The van der Waals surface area contributed by atoms with Gasteiger partial charge in [0.2, 0.25) is 11.6 Å². The summed E-state index contributed by atoms with van der Waals surface area (Å²) in [6.45, 7) is 1.70. The minimum absolute atomic E-state index is 0.249. The number of rotatable bonds is 10. The van der Waals surface area contributed by atoms with Crippen molar-refractivity contribution in [1.82, 2.24) is 10.1 Å². The van der Waals surface area contributed by atoms with Crippen LogP contribution in [0.1, 0.15) is 6.92 Å². The fourth-order valence-corrected chi connectivity index (χ4v) is 2.84. The highest BCUT2D eigenvalue weighted by molar-refractivity contribution is 5.70. The lowest BCUT2D eigenvalue weighted by molar-refractivity contribution is -0.139. The molecule has 1 aromatic heterocycles. The Bertz CT molecular complexity index is 1040. The van der Waals surface area contributed by atoms with E-state index in [0.29, 0.717) is 52.3 Å². The molecule has 3 aromatic rings. The van der Waals surface area contributed by atoms with Crippen molar-refractivity contribution in [3.8, 4) is 51.6 Å². The summed E-state index contributed by atoms with van der Waals surface area (Å²) in [5, 5.41) is 12.9. The van der Waals surface area contributed by atoms with Crippen molar-refractivity contribution in [3.63, 3.8) is 0 Å². The van der Waals surface area contributed by atoms with Crippen LogP contribution >= 0.6 is 0 Å². The van der Waals surface area contributed by atoms with Crippen LogP contribution in [0.5, 0.6) is 28.7 Å². The summed E-state index contributed by atoms with van der Waals surface area (Å²) in [5.74, 6) is 1.52. The SMILES string of the molecule is CCOc1cc(-c2noc(-c3cc(OC)c(OC)c(OC)c3)n2)ccc1OCC(=O)O. The third kappa shape index (κ3) is 4.80. The van der Waals surface area contributed by atoms with Crippen LogP contribution in [0.25, 0.3) is 22.8 Å². The quantitative estimate of drug-likeness (QED) is 0.512. The second-order valence-corrected chi connectivity index (χ2v) is 6.11. The first-order valence-corrected chi connectivity index (χ1v) is 9.26. The number of carboxylic acid groups (broad SMARTS) is 1. The zero-order valence-corrected chi connectivity index (χ0v) is 17.5. The molecule has 0 aliphatic rings. The van der Waals surface area contributed by atoms with Crippen LogP contribution in [0, 0.1) is 0 Å². The molecule has 0 unspecified atom stereocenters. The van der Waals surface area contributed by atoms with E-state index in [-0.39, 0.29) is 5.89 Å². The first kappa shape index (κ1) is 21.8. The Morgan fingerprint density at radius 2 is 1.61 bits per heavy atom. The first-order valence-electron chi connectivity index (χ1n) is 9.26. The molecule has 0 aliphatic heterocycles. The smallest absolute Gasteiger partial charge is 0.341 e. The summed E-state index contributed by atoms with van der Waals surface area (Å²) >= 11 is 0. The summed E-state index contributed by atoms with van der Waals surface area (Å²) < 4.78 is 32.3. The van der Waals surface area contributed by atoms with Gasteiger partial charge in [-0.2, -0.15) is 4.98 Å². The molecular formula is C21H22N2O8. The van der Waals surface area contributed by atoms with Gasteiger partial charge in [0.25, 0.3) is 5.89 Å². The molecule has 1 heterocycles. The number of carboxylic acids is 1. The molecule has 10 heteroatoms. The topological polar surface area (TPSA) is 122 Å². The number of carbonyl (C=O) groups is 1. The largest absolute Gasteiger partial charge is 0.493 e. The molecule has 164 valence electrons. The Morgan fingerprint density at radius 3 is 2.19 bits per heavy atom. The van der Waals surface area contributed by atoms with Crippen molar-refractivity contribution in [2.45, 2.75) is 6.92 Å². The van der Waals surface area contributed by atoms with Gasteiger partial charge in [0.15, 0.2) is 29.6 Å².